The molecule has 8 heteroatoms. The summed E-state index contributed by atoms with van der Waals surface area (Å²) in [5, 5.41) is 0. The molecular weight excluding hydrogens is 180 g/mol. The monoisotopic (exact) mass is 183 g/mol. The Morgan fingerprint density at radius 2 is 1.25 bits per heavy atom. The quantitative estimate of drug-likeness (QED) is 0.359. The SMILES string of the molecule is FP(F)N([SiH3])P(F)F. The Labute approximate surface area is 49.6 Å². The van der Waals surface area contributed by atoms with Crippen LogP contribution in [0.5, 0.6) is 0 Å². The van der Waals surface area contributed by atoms with Gasteiger partial charge in [-0.2, -0.15) is 20.9 Å². The van der Waals surface area contributed by atoms with Gasteiger partial charge in [-0.05, 0) is 0 Å². The van der Waals surface area contributed by atoms with E-state index in [0.717, 1.165) is 0 Å². The predicted octanol–water partition coefficient (Wildman–Crippen LogP) is 1.90. The Hall–Kier alpha value is 0.757. The van der Waals surface area contributed by atoms with Gasteiger partial charge in [0, 0.05) is 0 Å². The number of hydrogen-bond acceptors (Lipinski definition) is 1. The Kier molecular flexibility index (Phi) is 4.07. The van der Waals surface area contributed by atoms with Crippen molar-refractivity contribution in [2.24, 2.45) is 0 Å². The van der Waals surface area contributed by atoms with Crippen LogP contribution in [0.2, 0.25) is 0 Å². The molecule has 0 aromatic heterocycles. The third kappa shape index (κ3) is 2.92. The van der Waals surface area contributed by atoms with Gasteiger partial charge in [-0.3, -0.25) is 0 Å². The number of nitrogens with zero attached hydrogens (tertiary/aromatic N) is 1. The maximum atomic E-state index is 11.2. The normalized spacial score (nSPS) is 12.4. The van der Waals surface area contributed by atoms with Crippen molar-refractivity contribution in [2.75, 3.05) is 0 Å². The van der Waals surface area contributed by atoms with E-state index in [1.807, 2.05) is 0 Å². The van der Waals surface area contributed by atoms with Crippen molar-refractivity contribution in [2.45, 2.75) is 0 Å². The van der Waals surface area contributed by atoms with E-state index in [1.165, 1.54) is 0 Å². The summed E-state index contributed by atoms with van der Waals surface area (Å²) in [5.74, 6) is 0. The zero-order valence-corrected chi connectivity index (χ0v) is 7.64. The lowest BCUT2D eigenvalue weighted by Crippen LogP contribution is -1.96. The fourth-order valence-electron chi connectivity index (χ4n) is 0.0511. The highest BCUT2D eigenvalue weighted by Crippen LogP contribution is 2.58. The highest BCUT2D eigenvalue weighted by atomic mass is 31.3. The molecule has 0 aliphatic rings. The molecule has 0 aliphatic carbocycles. The average Bonchev–Trinajstić information content (AvgIpc) is 1.64. The standard InChI is InChI=1S/F4H3NP2Si/c1-6(2)5(8)7(3)4/h8H3. The first-order valence-electron chi connectivity index (χ1n) is 1.52. The molecule has 0 saturated heterocycles. The smallest absolute Gasteiger partial charge is 0.187 e. The van der Waals surface area contributed by atoms with Crippen LogP contribution in [-0.4, -0.2) is 14.5 Å². The van der Waals surface area contributed by atoms with Crippen molar-refractivity contribution in [1.29, 1.82) is 0 Å². The van der Waals surface area contributed by atoms with Gasteiger partial charge in [-0.1, -0.05) is 0 Å². The molecule has 50 valence electrons. The van der Waals surface area contributed by atoms with E-state index in [9.17, 15) is 16.8 Å². The minimum atomic E-state index is -3.53. The molecule has 0 unspecified atom stereocenters. The minimum Gasteiger partial charge on any atom is -0.187 e. The van der Waals surface area contributed by atoms with E-state index in [-0.39, 0.29) is 14.5 Å². The van der Waals surface area contributed by atoms with Crippen molar-refractivity contribution in [3.8, 4) is 0 Å². The topological polar surface area (TPSA) is 3.24 Å². The van der Waals surface area contributed by atoms with Crippen LogP contribution >= 0.6 is 17.4 Å². The predicted molar refractivity (Wildman–Crippen MR) is 30.1 cm³/mol. The lowest BCUT2D eigenvalue weighted by molar-refractivity contribution is 0.644. The summed E-state index contributed by atoms with van der Waals surface area (Å²) in [5.41, 5.74) is 0. The number of hydrogen-bond donors (Lipinski definition) is 0. The average molecular weight is 183 g/mol. The highest BCUT2D eigenvalue weighted by molar-refractivity contribution is 7.61. The van der Waals surface area contributed by atoms with Crippen LogP contribution in [0.4, 0.5) is 16.8 Å². The molecule has 0 aromatic rings. The third-order valence-electron chi connectivity index (χ3n) is 0.438. The second-order valence-electron chi connectivity index (χ2n) is 0.920. The van der Waals surface area contributed by atoms with Crippen LogP contribution in [-0.2, 0) is 0 Å². The van der Waals surface area contributed by atoms with Crippen LogP contribution in [0.1, 0.15) is 0 Å². The summed E-state index contributed by atoms with van der Waals surface area (Å²) in [6.45, 7) is 0. The van der Waals surface area contributed by atoms with E-state index in [1.54, 1.807) is 0 Å². The first kappa shape index (κ1) is 8.76. The minimum absolute atomic E-state index is 0.0648. The molecular formula is H3F4NP2Si. The fraction of sp³-hybridized carbons (Fsp3) is 0. The zero-order valence-electron chi connectivity index (χ0n) is 3.85. The molecule has 8 heavy (non-hydrogen) atoms. The van der Waals surface area contributed by atoms with Crippen molar-refractivity contribution < 1.29 is 16.8 Å². The molecule has 0 aliphatic heterocycles. The van der Waals surface area contributed by atoms with Gasteiger partial charge in [-0.25, -0.2) is 0 Å². The molecule has 0 aromatic carbocycles. The molecule has 0 spiro atoms. The van der Waals surface area contributed by atoms with E-state index in [0.29, 0.717) is 0 Å². The highest BCUT2D eigenvalue weighted by Gasteiger charge is 2.22. The lowest BCUT2D eigenvalue weighted by Gasteiger charge is -2.08. The van der Waals surface area contributed by atoms with E-state index in [4.69, 9.17) is 0 Å². The summed E-state index contributed by atoms with van der Waals surface area (Å²) < 4.78 is 44.9. The molecule has 0 fully saturated rings. The second kappa shape index (κ2) is 3.72. The van der Waals surface area contributed by atoms with Crippen molar-refractivity contribution >= 4 is 27.8 Å². The largest absolute Gasteiger partial charge is 0.345 e. The lowest BCUT2D eigenvalue weighted by atomic mass is 13.8. The van der Waals surface area contributed by atoms with E-state index >= 15 is 0 Å². The molecule has 1 nitrogen and oxygen atoms in total. The Bertz CT molecular complexity index is 59.1. The summed E-state index contributed by atoms with van der Waals surface area (Å²) in [6.07, 6.45) is 0. The summed E-state index contributed by atoms with van der Waals surface area (Å²) >= 11 is 0. The van der Waals surface area contributed by atoms with Gasteiger partial charge in [0.1, 0.15) is 10.4 Å². The van der Waals surface area contributed by atoms with Crippen LogP contribution in [0, 0.1) is 0 Å². The van der Waals surface area contributed by atoms with Crippen LogP contribution < -0.4 is 0 Å². The number of halogens is 4. The summed E-state index contributed by atoms with van der Waals surface area (Å²) in [6, 6.07) is 0. The molecule has 0 rings (SSSR count). The van der Waals surface area contributed by atoms with Crippen LogP contribution in [0.15, 0.2) is 0 Å². The van der Waals surface area contributed by atoms with Gasteiger partial charge in [0.05, 0.1) is 0 Å². The van der Waals surface area contributed by atoms with Crippen molar-refractivity contribution in [3.05, 3.63) is 0 Å². The van der Waals surface area contributed by atoms with Gasteiger partial charge < -0.3 is 0 Å². The van der Waals surface area contributed by atoms with E-state index in [2.05, 4.69) is 0 Å². The van der Waals surface area contributed by atoms with Gasteiger partial charge in [0.2, 0.25) is 0 Å². The van der Waals surface area contributed by atoms with Crippen LogP contribution in [0.3, 0.4) is 0 Å². The number of rotatable bonds is 2. The van der Waals surface area contributed by atoms with Crippen molar-refractivity contribution in [3.63, 3.8) is 0 Å². The molecule has 0 N–H and O–H groups in total. The maximum Gasteiger partial charge on any atom is 0.345 e. The Balaban J connectivity index is 3.46. The maximum absolute atomic E-state index is 11.2. The molecule has 0 radical (unpaired) electrons. The van der Waals surface area contributed by atoms with Gasteiger partial charge in [0.15, 0.2) is 0 Å². The van der Waals surface area contributed by atoms with Gasteiger partial charge >= 0.3 is 17.4 Å². The summed E-state index contributed by atoms with van der Waals surface area (Å²) in [4.78, 5) is 0. The zero-order chi connectivity index (χ0) is 6.73. The molecule has 0 saturated carbocycles. The molecule has 0 bridgehead atoms. The van der Waals surface area contributed by atoms with Gasteiger partial charge in [-0.15, -0.1) is 0 Å². The Morgan fingerprint density at radius 1 is 1.00 bits per heavy atom. The third-order valence-corrected chi connectivity index (χ3v) is 3.94. The van der Waals surface area contributed by atoms with Gasteiger partial charge in [0.25, 0.3) is 0 Å². The molecule has 0 amide bonds. The molecule has 0 atom stereocenters. The molecule has 0 heterocycles. The Morgan fingerprint density at radius 3 is 1.25 bits per heavy atom. The fourth-order valence-corrected chi connectivity index (χ4v) is 0.460. The first-order chi connectivity index (χ1) is 3.55. The van der Waals surface area contributed by atoms with Crippen LogP contribution in [0.25, 0.3) is 0 Å². The van der Waals surface area contributed by atoms with Crippen molar-refractivity contribution in [1.82, 2.24) is 4.11 Å². The second-order valence-corrected chi connectivity index (χ2v) is 5.70. The first-order valence-corrected chi connectivity index (χ1v) is 4.57. The summed E-state index contributed by atoms with van der Waals surface area (Å²) in [7, 11) is -7.31. The van der Waals surface area contributed by atoms with E-state index < -0.39 is 17.4 Å².